The Morgan fingerprint density at radius 3 is 2.88 bits per heavy atom. The highest BCUT2D eigenvalue weighted by Gasteiger charge is 2.11. The van der Waals surface area contributed by atoms with E-state index < -0.39 is 0 Å². The number of carbonyl (C=O) groups excluding carboxylic acids is 2. The van der Waals surface area contributed by atoms with Crippen LogP contribution in [0.5, 0.6) is 0 Å². The summed E-state index contributed by atoms with van der Waals surface area (Å²) in [5.74, 6) is -0.317. The molecule has 5 heteroatoms. The van der Waals surface area contributed by atoms with Crippen LogP contribution >= 0.6 is 0 Å². The molecule has 0 saturated heterocycles. The summed E-state index contributed by atoms with van der Waals surface area (Å²) in [6.07, 6.45) is 0.115. The number of ketones is 1. The highest BCUT2D eigenvalue weighted by molar-refractivity contribution is 5.88. The first-order chi connectivity index (χ1) is 8.16. The van der Waals surface area contributed by atoms with Crippen molar-refractivity contribution in [1.82, 2.24) is 10.5 Å². The van der Waals surface area contributed by atoms with E-state index in [1.165, 1.54) is 6.92 Å². The molecule has 0 radical (unpaired) electrons. The fourth-order valence-electron chi connectivity index (χ4n) is 1.50. The normalized spacial score (nSPS) is 10.4. The molecule has 1 N–H and O–H groups in total. The maximum Gasteiger partial charge on any atom is 0.226 e. The number of nitrogens with zero attached hydrogens (tertiary/aromatic N) is 1. The zero-order chi connectivity index (χ0) is 12.3. The van der Waals surface area contributed by atoms with Crippen LogP contribution in [0.3, 0.4) is 0 Å². The summed E-state index contributed by atoms with van der Waals surface area (Å²) in [5.41, 5.74) is 1.24. The zero-order valence-electron chi connectivity index (χ0n) is 9.40. The Morgan fingerprint density at radius 1 is 1.35 bits per heavy atom. The van der Waals surface area contributed by atoms with E-state index in [2.05, 4.69) is 10.5 Å². The van der Waals surface area contributed by atoms with Gasteiger partial charge in [-0.25, -0.2) is 0 Å². The van der Waals surface area contributed by atoms with Crippen molar-refractivity contribution in [2.75, 3.05) is 6.54 Å². The van der Waals surface area contributed by atoms with Crippen LogP contribution in [0.2, 0.25) is 0 Å². The first-order valence-corrected chi connectivity index (χ1v) is 5.26. The topological polar surface area (TPSA) is 72.2 Å². The van der Waals surface area contributed by atoms with Crippen LogP contribution in [0, 0.1) is 0 Å². The van der Waals surface area contributed by atoms with Gasteiger partial charge in [-0.15, -0.1) is 0 Å². The molecule has 0 fully saturated rings. The molecule has 5 nitrogen and oxygen atoms in total. The molecule has 0 spiro atoms. The number of Topliss-reactive ketones (excluding diaryl/α,β-unsaturated/α-hetero) is 1. The molecule has 1 aromatic heterocycles. The van der Waals surface area contributed by atoms with Gasteiger partial charge in [0.2, 0.25) is 5.91 Å². The third-order valence-electron chi connectivity index (χ3n) is 2.31. The molecular weight excluding hydrogens is 220 g/mol. The minimum absolute atomic E-state index is 0.0502. The van der Waals surface area contributed by atoms with E-state index in [1.807, 2.05) is 18.2 Å². The molecule has 1 heterocycles. The molecule has 0 aliphatic heterocycles. The van der Waals surface area contributed by atoms with Crippen molar-refractivity contribution in [2.45, 2.75) is 13.3 Å². The monoisotopic (exact) mass is 232 g/mol. The number of hydrogen-bond donors (Lipinski definition) is 1. The second kappa shape index (κ2) is 4.78. The van der Waals surface area contributed by atoms with Crippen LogP contribution in [0.4, 0.5) is 0 Å². The molecule has 17 heavy (non-hydrogen) atoms. The largest absolute Gasteiger partial charge is 0.356 e. The van der Waals surface area contributed by atoms with Crippen LogP contribution in [0.25, 0.3) is 11.0 Å². The highest BCUT2D eigenvalue weighted by atomic mass is 16.5. The SMILES string of the molecule is CC(=O)CNC(=O)Cc1noc2ccccc12. The molecule has 1 amide bonds. The molecule has 88 valence electrons. The Bertz CT molecular complexity index is 560. The Balaban J connectivity index is 2.08. The molecule has 0 saturated carbocycles. The van der Waals surface area contributed by atoms with Crippen molar-refractivity contribution < 1.29 is 14.1 Å². The number of nitrogens with one attached hydrogen (secondary N) is 1. The van der Waals surface area contributed by atoms with Crippen LogP contribution in [0.15, 0.2) is 28.8 Å². The summed E-state index contributed by atoms with van der Waals surface area (Å²) in [6, 6.07) is 7.34. The Kier molecular flexibility index (Phi) is 3.18. The lowest BCUT2D eigenvalue weighted by molar-refractivity contribution is -0.124. The Morgan fingerprint density at radius 2 is 2.12 bits per heavy atom. The van der Waals surface area contributed by atoms with E-state index in [-0.39, 0.29) is 24.7 Å². The number of benzene rings is 1. The van der Waals surface area contributed by atoms with E-state index >= 15 is 0 Å². The third kappa shape index (κ3) is 2.69. The number of aromatic nitrogens is 1. The van der Waals surface area contributed by atoms with E-state index in [9.17, 15) is 9.59 Å². The van der Waals surface area contributed by atoms with Crippen LogP contribution < -0.4 is 5.32 Å². The second-order valence-corrected chi connectivity index (χ2v) is 3.78. The highest BCUT2D eigenvalue weighted by Crippen LogP contribution is 2.17. The quantitative estimate of drug-likeness (QED) is 0.856. The molecule has 1 aromatic carbocycles. The minimum Gasteiger partial charge on any atom is -0.356 e. The number of hydrogen-bond acceptors (Lipinski definition) is 4. The van der Waals surface area contributed by atoms with E-state index in [0.717, 1.165) is 5.39 Å². The summed E-state index contributed by atoms with van der Waals surface area (Å²) < 4.78 is 5.08. The number of carbonyl (C=O) groups is 2. The lowest BCUT2D eigenvalue weighted by Gasteiger charge is -2.00. The molecule has 0 atom stereocenters. The molecule has 0 aliphatic carbocycles. The number of amides is 1. The van der Waals surface area contributed by atoms with E-state index in [0.29, 0.717) is 11.3 Å². The molecule has 2 rings (SSSR count). The summed E-state index contributed by atoms with van der Waals surface area (Å²) in [5, 5.41) is 7.18. The predicted octanol–water partition coefficient (Wildman–Crippen LogP) is 1.08. The number of fused-ring (bicyclic) bond motifs is 1. The first-order valence-electron chi connectivity index (χ1n) is 5.26. The zero-order valence-corrected chi connectivity index (χ0v) is 9.40. The smallest absolute Gasteiger partial charge is 0.226 e. The summed E-state index contributed by atoms with van der Waals surface area (Å²) in [4.78, 5) is 22.2. The van der Waals surface area contributed by atoms with Gasteiger partial charge in [0.25, 0.3) is 0 Å². The van der Waals surface area contributed by atoms with Gasteiger partial charge in [0.05, 0.1) is 13.0 Å². The molecule has 0 aliphatic rings. The number of rotatable bonds is 4. The fraction of sp³-hybridized carbons (Fsp3) is 0.250. The molecule has 0 bridgehead atoms. The average molecular weight is 232 g/mol. The molecular formula is C12H12N2O3. The van der Waals surface area contributed by atoms with E-state index in [1.54, 1.807) is 6.07 Å². The van der Waals surface area contributed by atoms with Crippen LogP contribution in [-0.2, 0) is 16.0 Å². The van der Waals surface area contributed by atoms with Gasteiger partial charge in [-0.2, -0.15) is 0 Å². The Hall–Kier alpha value is -2.17. The van der Waals surface area contributed by atoms with Gasteiger partial charge in [0, 0.05) is 5.39 Å². The van der Waals surface area contributed by atoms with Gasteiger partial charge in [-0.1, -0.05) is 17.3 Å². The maximum atomic E-state index is 11.5. The van der Waals surface area contributed by atoms with Crippen molar-refractivity contribution in [2.24, 2.45) is 0 Å². The second-order valence-electron chi connectivity index (χ2n) is 3.78. The number of para-hydroxylation sites is 1. The van der Waals surface area contributed by atoms with E-state index in [4.69, 9.17) is 4.52 Å². The summed E-state index contributed by atoms with van der Waals surface area (Å²) in [7, 11) is 0. The summed E-state index contributed by atoms with van der Waals surface area (Å²) in [6.45, 7) is 1.47. The summed E-state index contributed by atoms with van der Waals surface area (Å²) >= 11 is 0. The van der Waals surface area contributed by atoms with Crippen LogP contribution in [0.1, 0.15) is 12.6 Å². The standard InChI is InChI=1S/C12H12N2O3/c1-8(15)7-13-12(16)6-10-9-4-2-3-5-11(9)17-14-10/h2-5H,6-7H2,1H3,(H,13,16). The third-order valence-corrected chi connectivity index (χ3v) is 2.31. The van der Waals surface area contributed by atoms with Gasteiger partial charge >= 0.3 is 0 Å². The molecule has 2 aromatic rings. The lowest BCUT2D eigenvalue weighted by atomic mass is 10.1. The van der Waals surface area contributed by atoms with Crippen molar-refractivity contribution in [3.05, 3.63) is 30.0 Å². The van der Waals surface area contributed by atoms with Crippen molar-refractivity contribution in [1.29, 1.82) is 0 Å². The van der Waals surface area contributed by atoms with Crippen LogP contribution in [-0.4, -0.2) is 23.4 Å². The van der Waals surface area contributed by atoms with Gasteiger partial charge < -0.3 is 9.84 Å². The first kappa shape index (κ1) is 11.3. The van der Waals surface area contributed by atoms with Crippen molar-refractivity contribution in [3.8, 4) is 0 Å². The fourth-order valence-corrected chi connectivity index (χ4v) is 1.50. The van der Waals surface area contributed by atoms with Crippen molar-refractivity contribution >= 4 is 22.7 Å². The van der Waals surface area contributed by atoms with Gasteiger partial charge in [-0.05, 0) is 19.1 Å². The van der Waals surface area contributed by atoms with Gasteiger partial charge in [0.1, 0.15) is 11.5 Å². The van der Waals surface area contributed by atoms with Crippen molar-refractivity contribution in [3.63, 3.8) is 0 Å². The van der Waals surface area contributed by atoms with Gasteiger partial charge in [-0.3, -0.25) is 9.59 Å². The molecule has 0 unspecified atom stereocenters. The lowest BCUT2D eigenvalue weighted by Crippen LogP contribution is -2.29. The predicted molar refractivity (Wildman–Crippen MR) is 61.4 cm³/mol. The van der Waals surface area contributed by atoms with Gasteiger partial charge in [0.15, 0.2) is 5.58 Å². The minimum atomic E-state index is -0.237. The average Bonchev–Trinajstić information content (AvgIpc) is 2.70. The maximum absolute atomic E-state index is 11.5. The Labute approximate surface area is 97.8 Å².